The number of benzene rings is 1. The molecule has 10 heteroatoms. The van der Waals surface area contributed by atoms with Crippen LogP contribution in [-0.4, -0.2) is 74.8 Å². The van der Waals surface area contributed by atoms with E-state index in [4.69, 9.17) is 5.73 Å². The van der Waals surface area contributed by atoms with E-state index in [1.54, 1.807) is 6.92 Å². The second kappa shape index (κ2) is 7.00. The summed E-state index contributed by atoms with van der Waals surface area (Å²) >= 11 is 0. The molecule has 1 fully saturated rings. The van der Waals surface area contributed by atoms with E-state index in [-0.39, 0.29) is 35.3 Å². The number of hydrogen-bond acceptors (Lipinski definition) is 9. The summed E-state index contributed by atoms with van der Waals surface area (Å²) < 4.78 is 0. The van der Waals surface area contributed by atoms with E-state index in [1.165, 1.54) is 31.1 Å². The number of aliphatic hydroxyl groups excluding tert-OH is 2. The van der Waals surface area contributed by atoms with Gasteiger partial charge >= 0.3 is 0 Å². The molecular formula is C23H24N2O8. The molecule has 3 aliphatic carbocycles. The fraction of sp³-hybridized carbons (Fsp3) is 0.391. The molecule has 4 rings (SSSR count). The molecule has 1 aromatic rings. The highest BCUT2D eigenvalue weighted by atomic mass is 16.3. The number of rotatable bonds is 3. The van der Waals surface area contributed by atoms with Gasteiger partial charge in [-0.2, -0.15) is 0 Å². The molecule has 4 atom stereocenters. The Hall–Kier alpha value is -3.50. The van der Waals surface area contributed by atoms with Crippen molar-refractivity contribution in [2.24, 2.45) is 17.1 Å². The smallest absolute Gasteiger partial charge is 0.255 e. The van der Waals surface area contributed by atoms with E-state index in [0.29, 0.717) is 11.8 Å². The molecule has 174 valence electrons. The zero-order chi connectivity index (χ0) is 24.6. The Morgan fingerprint density at radius 2 is 1.85 bits per heavy atom. The standard InChI is InChI=1S/C23H24N2O8/c1-22-6-10-9(8-26)4-5-12(27)13(10)17(28)15(22)20(31)23(33)11(7-22)16(25(2)3)18(29)14(19(23)30)21(24)32/h4-5,8,11,16,27-28,30,33H,6-7H2,1-3H3,(H2,24,32)/t11-,16-,22-,23+/m0/s1. The third-order valence-corrected chi connectivity index (χ3v) is 7.18. The van der Waals surface area contributed by atoms with Crippen LogP contribution in [0.25, 0.3) is 5.76 Å². The third-order valence-electron chi connectivity index (χ3n) is 7.18. The predicted molar refractivity (Wildman–Crippen MR) is 114 cm³/mol. The number of nitrogens with two attached hydrogens (primary N) is 1. The molecule has 1 saturated carbocycles. The molecule has 1 amide bonds. The Labute approximate surface area is 188 Å². The van der Waals surface area contributed by atoms with Gasteiger partial charge in [-0.05, 0) is 44.6 Å². The van der Waals surface area contributed by atoms with Crippen molar-refractivity contribution in [3.63, 3.8) is 0 Å². The van der Waals surface area contributed by atoms with Crippen LogP contribution in [0, 0.1) is 11.3 Å². The average molecular weight is 456 g/mol. The second-order valence-corrected chi connectivity index (χ2v) is 9.37. The average Bonchev–Trinajstić information content (AvgIpc) is 2.70. The fourth-order valence-electron chi connectivity index (χ4n) is 5.75. The number of aldehydes is 1. The number of hydrogen-bond donors (Lipinski definition) is 5. The van der Waals surface area contributed by atoms with Gasteiger partial charge in [0.05, 0.1) is 11.6 Å². The van der Waals surface area contributed by atoms with Crippen LogP contribution in [0.3, 0.4) is 0 Å². The van der Waals surface area contributed by atoms with Crippen LogP contribution in [0.1, 0.15) is 34.8 Å². The maximum atomic E-state index is 13.8. The minimum absolute atomic E-state index is 0.0456. The van der Waals surface area contributed by atoms with E-state index in [9.17, 15) is 39.6 Å². The van der Waals surface area contributed by atoms with Gasteiger partial charge in [0, 0.05) is 22.5 Å². The monoisotopic (exact) mass is 456 g/mol. The number of amides is 1. The normalized spacial score (nSPS) is 31.3. The molecule has 1 aromatic carbocycles. The molecule has 0 aliphatic heterocycles. The van der Waals surface area contributed by atoms with Gasteiger partial charge in [-0.15, -0.1) is 0 Å². The number of aromatic hydroxyl groups is 1. The van der Waals surface area contributed by atoms with Crippen molar-refractivity contribution in [3.8, 4) is 5.75 Å². The van der Waals surface area contributed by atoms with Gasteiger partial charge in [0.25, 0.3) is 5.91 Å². The third kappa shape index (κ3) is 2.74. The molecule has 6 N–H and O–H groups in total. The van der Waals surface area contributed by atoms with E-state index in [2.05, 4.69) is 0 Å². The number of fused-ring (bicyclic) bond motifs is 3. The summed E-state index contributed by atoms with van der Waals surface area (Å²) in [5.41, 5.74) is 0.719. The predicted octanol–water partition coefficient (Wildman–Crippen LogP) is 0.167. The van der Waals surface area contributed by atoms with Gasteiger partial charge in [0.1, 0.15) is 29.1 Å². The number of phenols is 1. The molecule has 33 heavy (non-hydrogen) atoms. The molecule has 0 radical (unpaired) electrons. The lowest BCUT2D eigenvalue weighted by molar-refractivity contribution is -0.156. The van der Waals surface area contributed by atoms with Gasteiger partial charge in [0.2, 0.25) is 5.78 Å². The van der Waals surface area contributed by atoms with Gasteiger partial charge < -0.3 is 26.2 Å². The largest absolute Gasteiger partial charge is 0.508 e. The van der Waals surface area contributed by atoms with Crippen molar-refractivity contribution >= 4 is 29.5 Å². The minimum Gasteiger partial charge on any atom is -0.508 e. The van der Waals surface area contributed by atoms with Crippen LogP contribution >= 0.6 is 0 Å². The van der Waals surface area contributed by atoms with Crippen LogP contribution in [-0.2, 0) is 20.8 Å². The lowest BCUT2D eigenvalue weighted by Gasteiger charge is -2.53. The van der Waals surface area contributed by atoms with Gasteiger partial charge in [-0.1, -0.05) is 6.92 Å². The van der Waals surface area contributed by atoms with Gasteiger partial charge in [-0.3, -0.25) is 24.1 Å². The van der Waals surface area contributed by atoms with Crippen molar-refractivity contribution in [1.82, 2.24) is 4.90 Å². The number of carbonyl (C=O) groups is 4. The Bertz CT molecular complexity index is 1210. The second-order valence-electron chi connectivity index (χ2n) is 9.37. The van der Waals surface area contributed by atoms with Crippen molar-refractivity contribution in [2.75, 3.05) is 14.1 Å². The number of primary amides is 1. The fourth-order valence-corrected chi connectivity index (χ4v) is 5.75. The van der Waals surface area contributed by atoms with Crippen LogP contribution < -0.4 is 5.73 Å². The highest BCUT2D eigenvalue weighted by Crippen LogP contribution is 2.58. The molecule has 0 bridgehead atoms. The first-order valence-corrected chi connectivity index (χ1v) is 10.3. The SMILES string of the molecule is CN(C)[C@@H]1C(=O)C(C(N)=O)=C(O)[C@@]2(O)C(=O)C3=C(O)c4c(O)ccc(C=O)c4C[C@@]3(C)C[C@@H]12. The summed E-state index contributed by atoms with van der Waals surface area (Å²) in [6.07, 6.45) is 0.554. The molecule has 3 aliphatic rings. The molecule has 0 aromatic heterocycles. The number of likely N-dealkylation sites (N-methyl/N-ethyl adjacent to an activating group) is 1. The Morgan fingerprint density at radius 3 is 2.39 bits per heavy atom. The highest BCUT2D eigenvalue weighted by molar-refractivity contribution is 6.24. The van der Waals surface area contributed by atoms with E-state index < -0.39 is 57.5 Å². The van der Waals surface area contributed by atoms with Crippen molar-refractivity contribution in [2.45, 2.75) is 31.4 Å². The number of carbonyl (C=O) groups excluding carboxylic acids is 4. The first kappa shape index (κ1) is 22.7. The Morgan fingerprint density at radius 1 is 1.21 bits per heavy atom. The summed E-state index contributed by atoms with van der Waals surface area (Å²) in [6, 6.07) is 1.43. The molecule has 0 unspecified atom stereocenters. The van der Waals surface area contributed by atoms with Crippen molar-refractivity contribution in [1.29, 1.82) is 0 Å². The molecule has 0 spiro atoms. The lowest BCUT2D eigenvalue weighted by Crippen LogP contribution is -2.67. The van der Waals surface area contributed by atoms with Crippen LogP contribution in [0.2, 0.25) is 0 Å². The zero-order valence-corrected chi connectivity index (χ0v) is 18.2. The maximum Gasteiger partial charge on any atom is 0.255 e. The van der Waals surface area contributed by atoms with Crippen LogP contribution in [0.15, 0.2) is 29.0 Å². The highest BCUT2D eigenvalue weighted by Gasteiger charge is 2.66. The van der Waals surface area contributed by atoms with Crippen molar-refractivity contribution in [3.05, 3.63) is 45.7 Å². The molecule has 0 heterocycles. The topological polar surface area (TPSA) is 178 Å². The number of ketones is 2. The molecule has 10 nitrogen and oxygen atoms in total. The molecule has 0 saturated heterocycles. The summed E-state index contributed by atoms with van der Waals surface area (Å²) in [7, 11) is 3.05. The number of Topliss-reactive ketones (excluding diaryl/α,β-unsaturated/α-hetero) is 2. The first-order valence-electron chi connectivity index (χ1n) is 10.3. The van der Waals surface area contributed by atoms with E-state index in [0.717, 1.165) is 0 Å². The summed E-state index contributed by atoms with van der Waals surface area (Å²) in [6.45, 7) is 1.64. The number of nitrogens with zero attached hydrogens (tertiary/aromatic N) is 1. The number of aliphatic hydroxyl groups is 3. The molecular weight excluding hydrogens is 432 g/mol. The van der Waals surface area contributed by atoms with Crippen molar-refractivity contribution < 1.29 is 39.6 Å². The first-order chi connectivity index (χ1) is 15.3. The summed E-state index contributed by atoms with van der Waals surface area (Å²) in [4.78, 5) is 51.8. The summed E-state index contributed by atoms with van der Waals surface area (Å²) in [5.74, 6) is -6.55. The number of phenolic OH excluding ortho intramolecular Hbond substituents is 1. The lowest BCUT2D eigenvalue weighted by atomic mass is 9.52. The quantitative estimate of drug-likeness (QED) is 0.313. The summed E-state index contributed by atoms with van der Waals surface area (Å²) in [5, 5.41) is 43.8. The van der Waals surface area contributed by atoms with E-state index in [1.807, 2.05) is 0 Å². The van der Waals surface area contributed by atoms with Gasteiger partial charge in [-0.25, -0.2) is 0 Å². The minimum atomic E-state index is -2.70. The maximum absolute atomic E-state index is 13.8. The van der Waals surface area contributed by atoms with Gasteiger partial charge in [0.15, 0.2) is 11.4 Å². The Balaban J connectivity index is 2.05. The van der Waals surface area contributed by atoms with Crippen LogP contribution in [0.4, 0.5) is 0 Å². The zero-order valence-electron chi connectivity index (χ0n) is 18.2. The van der Waals surface area contributed by atoms with Crippen LogP contribution in [0.5, 0.6) is 5.75 Å². The van der Waals surface area contributed by atoms with E-state index >= 15 is 0 Å². The Kier molecular flexibility index (Phi) is 4.81.